The van der Waals surface area contributed by atoms with E-state index in [4.69, 9.17) is 5.73 Å². The van der Waals surface area contributed by atoms with Crippen LogP contribution < -0.4 is 11.1 Å². The van der Waals surface area contributed by atoms with Crippen molar-refractivity contribution in [1.29, 1.82) is 0 Å². The lowest BCUT2D eigenvalue weighted by Gasteiger charge is -2.34. The molecule has 0 bridgehead atoms. The minimum atomic E-state index is 0.175. The lowest BCUT2D eigenvalue weighted by molar-refractivity contribution is -0.122. The van der Waals surface area contributed by atoms with Crippen LogP contribution in [0.15, 0.2) is 0 Å². The molecule has 5 heteroatoms. The van der Waals surface area contributed by atoms with Crippen LogP contribution in [0.3, 0.4) is 0 Å². The lowest BCUT2D eigenvalue weighted by Crippen LogP contribution is -2.50. The fourth-order valence-corrected chi connectivity index (χ4v) is 3.35. The van der Waals surface area contributed by atoms with Gasteiger partial charge >= 0.3 is 0 Å². The number of nitrogens with one attached hydrogen (secondary N) is 1. The number of likely N-dealkylation sites (N-methyl/N-ethyl adjacent to an activating group) is 1. The molecule has 116 valence electrons. The molecule has 1 amide bonds. The maximum Gasteiger partial charge on any atom is 0.220 e. The highest BCUT2D eigenvalue weighted by Gasteiger charge is 2.26. The molecule has 3 atom stereocenters. The van der Waals surface area contributed by atoms with Crippen molar-refractivity contribution in [2.45, 2.75) is 44.7 Å². The van der Waals surface area contributed by atoms with Gasteiger partial charge in [-0.25, -0.2) is 0 Å². The van der Waals surface area contributed by atoms with Gasteiger partial charge in [-0.05, 0) is 32.7 Å². The van der Waals surface area contributed by atoms with Crippen molar-refractivity contribution < 1.29 is 4.79 Å². The van der Waals surface area contributed by atoms with Crippen LogP contribution in [-0.4, -0.2) is 67.6 Å². The van der Waals surface area contributed by atoms with Gasteiger partial charge in [0.1, 0.15) is 0 Å². The molecule has 1 aliphatic heterocycles. The normalized spacial score (nSPS) is 30.4. The number of carbonyl (C=O) groups excluding carboxylic acids is 1. The van der Waals surface area contributed by atoms with Gasteiger partial charge in [0.25, 0.3) is 0 Å². The monoisotopic (exact) mass is 282 g/mol. The molecule has 3 N–H and O–H groups in total. The summed E-state index contributed by atoms with van der Waals surface area (Å²) in [6, 6.07) is 0.456. The van der Waals surface area contributed by atoms with E-state index in [1.54, 1.807) is 0 Å². The molecule has 0 aromatic heterocycles. The molecule has 2 rings (SSSR count). The number of piperazine rings is 1. The zero-order valence-corrected chi connectivity index (χ0v) is 13.0. The van der Waals surface area contributed by atoms with Gasteiger partial charge in [0.15, 0.2) is 0 Å². The molecular formula is C15H30N4O. The molecule has 0 aromatic rings. The van der Waals surface area contributed by atoms with Crippen LogP contribution in [0.5, 0.6) is 0 Å². The van der Waals surface area contributed by atoms with Crippen LogP contribution in [-0.2, 0) is 4.79 Å². The van der Waals surface area contributed by atoms with Gasteiger partial charge in [-0.3, -0.25) is 9.69 Å². The quantitative estimate of drug-likeness (QED) is 0.759. The Morgan fingerprint density at radius 2 is 2.00 bits per heavy atom. The zero-order valence-electron chi connectivity index (χ0n) is 13.0. The summed E-state index contributed by atoms with van der Waals surface area (Å²) in [5.41, 5.74) is 6.03. The van der Waals surface area contributed by atoms with E-state index in [9.17, 15) is 4.79 Å². The molecule has 20 heavy (non-hydrogen) atoms. The first kappa shape index (κ1) is 15.7. The van der Waals surface area contributed by atoms with Gasteiger partial charge in [-0.1, -0.05) is 6.42 Å². The molecule has 5 nitrogen and oxygen atoms in total. The van der Waals surface area contributed by atoms with Crippen molar-refractivity contribution in [1.82, 2.24) is 15.1 Å². The standard InChI is InChI=1S/C15H30N4O/c1-12(11-19-8-6-18(2)7-9-19)17-15(20)10-13-4-3-5-14(13)16/h12-14H,3-11,16H2,1-2H3,(H,17,20)/t12?,13-,14+/m0/s1. The average Bonchev–Trinajstić information content (AvgIpc) is 2.77. The van der Waals surface area contributed by atoms with Crippen molar-refractivity contribution in [2.24, 2.45) is 11.7 Å². The molecule has 2 aliphatic rings. The van der Waals surface area contributed by atoms with Crippen LogP contribution in [0, 0.1) is 5.92 Å². The average molecular weight is 282 g/mol. The van der Waals surface area contributed by atoms with Gasteiger partial charge in [-0.2, -0.15) is 0 Å². The number of hydrogen-bond donors (Lipinski definition) is 2. The van der Waals surface area contributed by atoms with Crippen molar-refractivity contribution in [3.05, 3.63) is 0 Å². The predicted molar refractivity (Wildman–Crippen MR) is 81.5 cm³/mol. The Labute approximate surface area is 122 Å². The first-order valence-electron chi connectivity index (χ1n) is 8.00. The first-order chi connectivity index (χ1) is 9.54. The molecular weight excluding hydrogens is 252 g/mol. The highest BCUT2D eigenvalue weighted by molar-refractivity contribution is 5.76. The number of nitrogens with two attached hydrogens (primary N) is 1. The van der Waals surface area contributed by atoms with Crippen LogP contribution in [0.2, 0.25) is 0 Å². The Morgan fingerprint density at radius 1 is 1.30 bits per heavy atom. The van der Waals surface area contributed by atoms with E-state index in [1.807, 2.05) is 0 Å². The smallest absolute Gasteiger partial charge is 0.220 e. The predicted octanol–water partition coefficient (Wildman–Crippen LogP) is 0.256. The van der Waals surface area contributed by atoms with E-state index in [0.717, 1.165) is 45.6 Å². The maximum atomic E-state index is 12.1. The Kier molecular flexibility index (Phi) is 5.81. The largest absolute Gasteiger partial charge is 0.352 e. The lowest BCUT2D eigenvalue weighted by atomic mass is 10.00. The summed E-state index contributed by atoms with van der Waals surface area (Å²) in [6.45, 7) is 7.50. The van der Waals surface area contributed by atoms with Crippen LogP contribution in [0.25, 0.3) is 0 Å². The van der Waals surface area contributed by atoms with Gasteiger partial charge in [-0.15, -0.1) is 0 Å². The van der Waals surface area contributed by atoms with Crippen LogP contribution in [0.1, 0.15) is 32.6 Å². The van der Waals surface area contributed by atoms with Crippen molar-refractivity contribution in [2.75, 3.05) is 39.8 Å². The number of nitrogens with zero attached hydrogens (tertiary/aromatic N) is 2. The van der Waals surface area contributed by atoms with E-state index in [0.29, 0.717) is 12.3 Å². The van der Waals surface area contributed by atoms with Crippen molar-refractivity contribution in [3.8, 4) is 0 Å². The third-order valence-corrected chi connectivity index (χ3v) is 4.70. The highest BCUT2D eigenvalue weighted by Crippen LogP contribution is 2.26. The Hall–Kier alpha value is -0.650. The molecule has 0 aromatic carbocycles. The fourth-order valence-electron chi connectivity index (χ4n) is 3.35. The molecule has 2 fully saturated rings. The molecule has 1 unspecified atom stereocenters. The number of rotatable bonds is 5. The fraction of sp³-hybridized carbons (Fsp3) is 0.933. The SMILES string of the molecule is CC(CN1CCN(C)CC1)NC(=O)C[C@@H]1CCC[C@H]1N. The topological polar surface area (TPSA) is 61.6 Å². The Bertz CT molecular complexity index is 315. The summed E-state index contributed by atoms with van der Waals surface area (Å²) in [6.07, 6.45) is 3.97. The summed E-state index contributed by atoms with van der Waals surface area (Å²) in [5.74, 6) is 0.569. The van der Waals surface area contributed by atoms with E-state index in [1.165, 1.54) is 6.42 Å². The third-order valence-electron chi connectivity index (χ3n) is 4.70. The second kappa shape index (κ2) is 7.38. The first-order valence-corrected chi connectivity index (χ1v) is 8.00. The Balaban J connectivity index is 1.65. The summed E-state index contributed by atoms with van der Waals surface area (Å²) in [5, 5.41) is 3.14. The summed E-state index contributed by atoms with van der Waals surface area (Å²) >= 11 is 0. The van der Waals surface area contributed by atoms with Crippen LogP contribution >= 0.6 is 0 Å². The second-order valence-corrected chi connectivity index (χ2v) is 6.63. The van der Waals surface area contributed by atoms with Gasteiger partial charge in [0.05, 0.1) is 0 Å². The second-order valence-electron chi connectivity index (χ2n) is 6.63. The van der Waals surface area contributed by atoms with E-state index in [2.05, 4.69) is 29.1 Å². The zero-order chi connectivity index (χ0) is 14.5. The summed E-state index contributed by atoms with van der Waals surface area (Å²) in [7, 11) is 2.16. The van der Waals surface area contributed by atoms with Gasteiger partial charge < -0.3 is 16.0 Å². The highest BCUT2D eigenvalue weighted by atomic mass is 16.1. The van der Waals surface area contributed by atoms with Crippen molar-refractivity contribution in [3.63, 3.8) is 0 Å². The summed E-state index contributed by atoms with van der Waals surface area (Å²) in [4.78, 5) is 16.8. The van der Waals surface area contributed by atoms with Crippen molar-refractivity contribution >= 4 is 5.91 Å². The van der Waals surface area contributed by atoms with Crippen LogP contribution in [0.4, 0.5) is 0 Å². The molecule has 1 saturated carbocycles. The minimum Gasteiger partial charge on any atom is -0.352 e. The number of amides is 1. The molecule has 0 radical (unpaired) electrons. The number of carbonyl (C=O) groups is 1. The van der Waals surface area contributed by atoms with Gasteiger partial charge in [0, 0.05) is 51.2 Å². The van der Waals surface area contributed by atoms with Gasteiger partial charge in [0.2, 0.25) is 5.91 Å². The van der Waals surface area contributed by atoms with E-state index in [-0.39, 0.29) is 18.0 Å². The molecule has 1 heterocycles. The minimum absolute atomic E-state index is 0.175. The number of hydrogen-bond acceptors (Lipinski definition) is 4. The Morgan fingerprint density at radius 3 is 2.60 bits per heavy atom. The molecule has 1 saturated heterocycles. The molecule has 0 spiro atoms. The summed E-state index contributed by atoms with van der Waals surface area (Å²) < 4.78 is 0. The molecule has 1 aliphatic carbocycles. The third kappa shape index (κ3) is 4.72. The van der Waals surface area contributed by atoms with E-state index < -0.39 is 0 Å². The van der Waals surface area contributed by atoms with E-state index >= 15 is 0 Å². The maximum absolute atomic E-state index is 12.1.